The average Bonchev–Trinajstić information content (AvgIpc) is 2.71. The lowest BCUT2D eigenvalue weighted by Crippen LogP contribution is -2.39. The molecule has 8 heteroatoms. The highest BCUT2D eigenvalue weighted by atomic mass is 35.5. The fourth-order valence-electron chi connectivity index (χ4n) is 3.04. The highest BCUT2D eigenvalue weighted by Crippen LogP contribution is 2.32. The minimum Gasteiger partial charge on any atom is -0.444 e. The number of fused-ring (bicyclic) bond motifs is 1. The van der Waals surface area contributed by atoms with E-state index in [1.807, 2.05) is 0 Å². The van der Waals surface area contributed by atoms with E-state index < -0.39 is 29.3 Å². The predicted octanol–water partition coefficient (Wildman–Crippen LogP) is 5.23. The van der Waals surface area contributed by atoms with Crippen molar-refractivity contribution in [2.24, 2.45) is 0 Å². The highest BCUT2D eigenvalue weighted by molar-refractivity contribution is 6.33. The van der Waals surface area contributed by atoms with Crippen molar-refractivity contribution >= 4 is 34.6 Å². The Labute approximate surface area is 190 Å². The molecule has 1 aromatic heterocycles. The maximum Gasteiger partial charge on any atom is 0.408 e. The maximum atomic E-state index is 13.0. The van der Waals surface area contributed by atoms with E-state index in [1.54, 1.807) is 71.0 Å². The van der Waals surface area contributed by atoms with E-state index in [1.165, 1.54) is 6.07 Å². The van der Waals surface area contributed by atoms with Gasteiger partial charge in [-0.05, 0) is 51.8 Å². The predicted molar refractivity (Wildman–Crippen MR) is 121 cm³/mol. The lowest BCUT2D eigenvalue weighted by Gasteiger charge is -2.23. The van der Waals surface area contributed by atoms with E-state index in [4.69, 9.17) is 25.5 Å². The summed E-state index contributed by atoms with van der Waals surface area (Å²) in [6.07, 6.45) is -0.773. The van der Waals surface area contributed by atoms with Gasteiger partial charge in [0.25, 0.3) is 0 Å². The number of ether oxygens (including phenoxy) is 2. The first-order chi connectivity index (χ1) is 15.0. The average molecular weight is 458 g/mol. The Balaban J connectivity index is 1.94. The van der Waals surface area contributed by atoms with Crippen molar-refractivity contribution in [2.45, 2.75) is 46.3 Å². The Kier molecular flexibility index (Phi) is 6.60. The molecule has 0 spiro atoms. The van der Waals surface area contributed by atoms with Crippen LogP contribution in [0.3, 0.4) is 0 Å². The maximum absolute atomic E-state index is 13.0. The van der Waals surface area contributed by atoms with Crippen LogP contribution in [-0.2, 0) is 9.53 Å². The van der Waals surface area contributed by atoms with Crippen molar-refractivity contribution in [2.75, 3.05) is 0 Å². The molecule has 0 bridgehead atoms. The van der Waals surface area contributed by atoms with Crippen LogP contribution in [0.2, 0.25) is 5.02 Å². The number of alkyl carbamates (subject to hydrolysis) is 1. The molecular formula is C24H24ClNO6. The zero-order valence-corrected chi connectivity index (χ0v) is 19.2. The van der Waals surface area contributed by atoms with Crippen LogP contribution in [0.1, 0.15) is 43.5 Å². The number of carbonyl (C=O) groups excluding carboxylic acids is 2. The molecular weight excluding hydrogens is 434 g/mol. The van der Waals surface area contributed by atoms with Crippen molar-refractivity contribution in [3.05, 3.63) is 74.6 Å². The van der Waals surface area contributed by atoms with Gasteiger partial charge in [-0.25, -0.2) is 14.4 Å². The lowest BCUT2D eigenvalue weighted by atomic mass is 10.1. The molecule has 0 saturated heterocycles. The topological polar surface area (TPSA) is 94.8 Å². The van der Waals surface area contributed by atoms with Gasteiger partial charge in [-0.1, -0.05) is 41.9 Å². The van der Waals surface area contributed by atoms with Gasteiger partial charge in [0.2, 0.25) is 0 Å². The van der Waals surface area contributed by atoms with Crippen LogP contribution in [0.25, 0.3) is 11.0 Å². The number of rotatable bonds is 4. The van der Waals surface area contributed by atoms with E-state index in [0.717, 1.165) is 5.56 Å². The van der Waals surface area contributed by atoms with Crippen LogP contribution in [0.15, 0.2) is 51.7 Å². The molecule has 168 valence electrons. The molecule has 0 aliphatic rings. The molecule has 3 rings (SSSR count). The number of aryl methyl sites for hydroxylation is 1. The van der Waals surface area contributed by atoms with Crippen molar-refractivity contribution in [1.82, 2.24) is 5.32 Å². The molecule has 1 atom stereocenters. The van der Waals surface area contributed by atoms with Crippen molar-refractivity contribution in [3.63, 3.8) is 0 Å². The first kappa shape index (κ1) is 23.3. The summed E-state index contributed by atoms with van der Waals surface area (Å²) in [6, 6.07) is 10.4. The monoisotopic (exact) mass is 457 g/mol. The number of nitrogens with one attached hydrogen (secondary N) is 1. The van der Waals surface area contributed by atoms with Gasteiger partial charge < -0.3 is 19.2 Å². The van der Waals surface area contributed by atoms with Crippen LogP contribution in [0, 0.1) is 13.8 Å². The summed E-state index contributed by atoms with van der Waals surface area (Å²) in [7, 11) is 0. The standard InChI is InChI=1S/C24H24ClNO6/c1-13-14(2)21(27)30-18-12-19(17(25)11-16(13)18)31-22(28)20(15-9-7-6-8-10-15)26-23(29)32-24(3,4)5/h6-12,20H,1-5H3,(H,26,29). The van der Waals surface area contributed by atoms with Crippen LogP contribution in [0.4, 0.5) is 4.79 Å². The Hall–Kier alpha value is -3.32. The Bertz CT molecular complexity index is 1230. The molecule has 1 N–H and O–H groups in total. The summed E-state index contributed by atoms with van der Waals surface area (Å²) in [6.45, 7) is 8.60. The van der Waals surface area contributed by atoms with Crippen molar-refractivity contribution in [1.29, 1.82) is 0 Å². The first-order valence-corrected chi connectivity index (χ1v) is 10.3. The van der Waals surface area contributed by atoms with Crippen molar-refractivity contribution in [3.8, 4) is 5.75 Å². The Morgan fingerprint density at radius 1 is 1.06 bits per heavy atom. The van der Waals surface area contributed by atoms with Gasteiger partial charge in [0, 0.05) is 17.0 Å². The van der Waals surface area contributed by atoms with E-state index >= 15 is 0 Å². The second-order valence-electron chi connectivity index (χ2n) is 8.33. The van der Waals surface area contributed by atoms with Gasteiger partial charge in [-0.2, -0.15) is 0 Å². The molecule has 0 radical (unpaired) electrons. The number of amides is 1. The number of hydrogen-bond acceptors (Lipinski definition) is 6. The van der Waals surface area contributed by atoms with E-state index in [9.17, 15) is 14.4 Å². The molecule has 0 aliphatic carbocycles. The fourth-order valence-corrected chi connectivity index (χ4v) is 3.24. The second-order valence-corrected chi connectivity index (χ2v) is 8.74. The van der Waals surface area contributed by atoms with Crippen LogP contribution in [0.5, 0.6) is 5.75 Å². The molecule has 1 unspecified atom stereocenters. The zero-order chi connectivity index (χ0) is 23.6. The van der Waals surface area contributed by atoms with Crippen molar-refractivity contribution < 1.29 is 23.5 Å². The fraction of sp³-hybridized carbons (Fsp3) is 0.292. The Morgan fingerprint density at radius 3 is 2.34 bits per heavy atom. The summed E-state index contributed by atoms with van der Waals surface area (Å²) in [4.78, 5) is 37.4. The number of hydrogen-bond donors (Lipinski definition) is 1. The molecule has 1 heterocycles. The first-order valence-electron chi connectivity index (χ1n) is 9.96. The van der Waals surface area contributed by atoms with Gasteiger partial charge in [-0.15, -0.1) is 0 Å². The lowest BCUT2D eigenvalue weighted by molar-refractivity contribution is -0.137. The second kappa shape index (κ2) is 9.04. The molecule has 0 saturated carbocycles. The summed E-state index contributed by atoms with van der Waals surface area (Å²) >= 11 is 6.35. The third-order valence-electron chi connectivity index (χ3n) is 4.75. The van der Waals surface area contributed by atoms with Crippen LogP contribution < -0.4 is 15.7 Å². The number of esters is 1. The minimum absolute atomic E-state index is 0.00231. The normalized spacial score (nSPS) is 12.3. The Morgan fingerprint density at radius 2 is 1.72 bits per heavy atom. The third kappa shape index (κ3) is 5.29. The molecule has 1 amide bonds. The van der Waals surface area contributed by atoms with E-state index in [-0.39, 0.29) is 16.4 Å². The highest BCUT2D eigenvalue weighted by Gasteiger charge is 2.28. The van der Waals surface area contributed by atoms with Gasteiger partial charge in [0.15, 0.2) is 11.8 Å². The summed E-state index contributed by atoms with van der Waals surface area (Å²) in [5.74, 6) is -0.781. The van der Waals surface area contributed by atoms with Gasteiger partial charge in [0.05, 0.1) is 5.02 Å². The number of carbonyl (C=O) groups is 2. The number of benzene rings is 2. The molecule has 7 nitrogen and oxygen atoms in total. The van der Waals surface area contributed by atoms with Gasteiger partial charge in [-0.3, -0.25) is 0 Å². The smallest absolute Gasteiger partial charge is 0.408 e. The SMILES string of the molecule is Cc1c(C)c2cc(Cl)c(OC(=O)C(NC(=O)OC(C)(C)C)c3ccccc3)cc2oc1=O. The third-order valence-corrected chi connectivity index (χ3v) is 5.05. The number of halogens is 1. The van der Waals surface area contributed by atoms with Crippen LogP contribution in [-0.4, -0.2) is 17.7 Å². The summed E-state index contributed by atoms with van der Waals surface area (Å²) in [5, 5.41) is 3.34. The van der Waals surface area contributed by atoms with E-state index in [2.05, 4.69) is 5.32 Å². The quantitative estimate of drug-likeness (QED) is 0.327. The molecule has 0 aliphatic heterocycles. The van der Waals surface area contributed by atoms with Crippen LogP contribution >= 0.6 is 11.6 Å². The summed E-state index contributed by atoms with van der Waals surface area (Å²) in [5.41, 5.74) is 0.710. The van der Waals surface area contributed by atoms with Gasteiger partial charge >= 0.3 is 17.7 Å². The molecule has 0 fully saturated rings. The van der Waals surface area contributed by atoms with E-state index in [0.29, 0.717) is 16.5 Å². The van der Waals surface area contributed by atoms with Gasteiger partial charge in [0.1, 0.15) is 11.2 Å². The zero-order valence-electron chi connectivity index (χ0n) is 18.4. The largest absolute Gasteiger partial charge is 0.444 e. The molecule has 2 aromatic carbocycles. The minimum atomic E-state index is -1.15. The molecule has 32 heavy (non-hydrogen) atoms. The molecule has 3 aromatic rings. The summed E-state index contributed by atoms with van der Waals surface area (Å²) < 4.78 is 16.1.